The number of morpholine rings is 1. The summed E-state index contributed by atoms with van der Waals surface area (Å²) < 4.78 is 52.7. The SMILES string of the molecule is C=N\C=C/C=C(C)/C=C/C(=O)NCc1cc2cc(-c3ccc(C(=O)N4CCOCC4)cc3)cc(C(F)(F)F)c2o1. The topological polar surface area (TPSA) is 84.1 Å². The normalized spacial score (nSPS) is 14.8. The van der Waals surface area contributed by atoms with Gasteiger partial charge in [-0.1, -0.05) is 29.9 Å². The van der Waals surface area contributed by atoms with Crippen molar-refractivity contribution in [2.24, 2.45) is 4.99 Å². The number of carbonyl (C=O) groups is 2. The fourth-order valence-electron chi connectivity index (χ4n) is 4.18. The molecule has 1 aliphatic rings. The van der Waals surface area contributed by atoms with E-state index in [0.29, 0.717) is 43.0 Å². The maximum Gasteiger partial charge on any atom is 0.420 e. The molecule has 0 saturated carbocycles. The van der Waals surface area contributed by atoms with Crippen molar-refractivity contribution >= 4 is 29.5 Å². The predicted molar refractivity (Wildman–Crippen MR) is 147 cm³/mol. The molecule has 1 fully saturated rings. The van der Waals surface area contributed by atoms with Crippen LogP contribution >= 0.6 is 0 Å². The summed E-state index contributed by atoms with van der Waals surface area (Å²) in [6.45, 7) is 6.96. The molecule has 0 bridgehead atoms. The van der Waals surface area contributed by atoms with Gasteiger partial charge in [0.05, 0.1) is 25.3 Å². The van der Waals surface area contributed by atoms with E-state index in [-0.39, 0.29) is 29.2 Å². The third-order valence-corrected chi connectivity index (χ3v) is 6.22. The van der Waals surface area contributed by atoms with Gasteiger partial charge in [0.2, 0.25) is 5.91 Å². The highest BCUT2D eigenvalue weighted by Gasteiger charge is 2.35. The minimum Gasteiger partial charge on any atom is -0.459 e. The van der Waals surface area contributed by atoms with E-state index in [1.807, 2.05) is 0 Å². The first-order valence-corrected chi connectivity index (χ1v) is 12.5. The lowest BCUT2D eigenvalue weighted by atomic mass is 9.99. The van der Waals surface area contributed by atoms with Gasteiger partial charge in [-0.15, -0.1) is 0 Å². The maximum atomic E-state index is 14.0. The van der Waals surface area contributed by atoms with Gasteiger partial charge in [0, 0.05) is 36.3 Å². The predicted octanol–water partition coefficient (Wildman–Crippen LogP) is 5.92. The first-order chi connectivity index (χ1) is 19.2. The molecule has 2 aromatic carbocycles. The number of fused-ring (bicyclic) bond motifs is 1. The molecule has 0 unspecified atom stereocenters. The van der Waals surface area contributed by atoms with Crippen molar-refractivity contribution < 1.29 is 31.9 Å². The zero-order chi connectivity index (χ0) is 28.7. The number of allylic oxidation sites excluding steroid dienone is 4. The van der Waals surface area contributed by atoms with Crippen LogP contribution in [-0.4, -0.2) is 49.7 Å². The van der Waals surface area contributed by atoms with Crippen LogP contribution in [0.25, 0.3) is 22.1 Å². The Morgan fingerprint density at radius 1 is 1.07 bits per heavy atom. The van der Waals surface area contributed by atoms with Gasteiger partial charge < -0.3 is 19.4 Å². The molecular weight excluding hydrogens is 523 g/mol. The molecule has 0 spiro atoms. The molecule has 7 nitrogen and oxygen atoms in total. The Bertz CT molecular complexity index is 1480. The van der Waals surface area contributed by atoms with Gasteiger partial charge >= 0.3 is 6.18 Å². The number of aliphatic imine (C=N–C) groups is 1. The van der Waals surface area contributed by atoms with Crippen LogP contribution in [0.3, 0.4) is 0 Å². The van der Waals surface area contributed by atoms with Crippen LogP contribution < -0.4 is 5.32 Å². The summed E-state index contributed by atoms with van der Waals surface area (Å²) in [7, 11) is 0. The summed E-state index contributed by atoms with van der Waals surface area (Å²) >= 11 is 0. The van der Waals surface area contributed by atoms with E-state index in [4.69, 9.17) is 9.15 Å². The van der Waals surface area contributed by atoms with E-state index in [2.05, 4.69) is 17.0 Å². The van der Waals surface area contributed by atoms with Crippen molar-refractivity contribution in [3.8, 4) is 11.1 Å². The number of carbonyl (C=O) groups excluding carboxylic acids is 2. The van der Waals surface area contributed by atoms with Gasteiger partial charge in [-0.25, -0.2) is 0 Å². The van der Waals surface area contributed by atoms with Gasteiger partial charge in [0.1, 0.15) is 11.3 Å². The Morgan fingerprint density at radius 3 is 2.48 bits per heavy atom. The third-order valence-electron chi connectivity index (χ3n) is 6.22. The molecule has 1 aromatic heterocycles. The van der Waals surface area contributed by atoms with Crippen molar-refractivity contribution in [2.75, 3.05) is 26.3 Å². The summed E-state index contributed by atoms with van der Waals surface area (Å²) in [4.78, 5) is 30.2. The number of nitrogens with one attached hydrogen (secondary N) is 1. The number of furan rings is 1. The molecule has 1 aliphatic heterocycles. The number of alkyl halides is 3. The molecule has 2 heterocycles. The van der Waals surface area contributed by atoms with Gasteiger partial charge in [-0.2, -0.15) is 13.2 Å². The number of hydrogen-bond donors (Lipinski definition) is 1. The van der Waals surface area contributed by atoms with Gasteiger partial charge in [0.15, 0.2) is 0 Å². The van der Waals surface area contributed by atoms with Crippen LogP contribution in [-0.2, 0) is 22.3 Å². The number of halogens is 3. The van der Waals surface area contributed by atoms with Crippen molar-refractivity contribution in [1.29, 1.82) is 0 Å². The van der Waals surface area contributed by atoms with E-state index in [0.717, 1.165) is 11.6 Å². The number of hydrogen-bond acceptors (Lipinski definition) is 5. The Labute approximate surface area is 229 Å². The molecule has 4 rings (SSSR count). The number of benzene rings is 2. The van der Waals surface area contributed by atoms with Gasteiger partial charge in [-0.3, -0.25) is 14.6 Å². The summed E-state index contributed by atoms with van der Waals surface area (Å²) in [5.74, 6) is -0.397. The molecular formula is C30H28F3N3O4. The Kier molecular flexibility index (Phi) is 9.00. The molecule has 1 N–H and O–H groups in total. The minimum atomic E-state index is -4.67. The van der Waals surface area contributed by atoms with Crippen molar-refractivity contribution in [3.63, 3.8) is 0 Å². The summed E-state index contributed by atoms with van der Waals surface area (Å²) in [5.41, 5.74) is 0.862. The van der Waals surface area contributed by atoms with E-state index in [9.17, 15) is 22.8 Å². The van der Waals surface area contributed by atoms with Crippen molar-refractivity contribution in [3.05, 3.63) is 95.4 Å². The van der Waals surface area contributed by atoms with Crippen LogP contribution in [0.2, 0.25) is 0 Å². The second kappa shape index (κ2) is 12.6. The highest BCUT2D eigenvalue weighted by Crippen LogP contribution is 2.39. The second-order valence-corrected chi connectivity index (χ2v) is 9.12. The third kappa shape index (κ3) is 7.15. The second-order valence-electron chi connectivity index (χ2n) is 9.12. The zero-order valence-corrected chi connectivity index (χ0v) is 21.8. The number of rotatable bonds is 8. The first-order valence-electron chi connectivity index (χ1n) is 12.5. The van der Waals surface area contributed by atoms with E-state index in [1.54, 1.807) is 60.4 Å². The molecule has 3 aromatic rings. The van der Waals surface area contributed by atoms with Gasteiger partial charge in [0.25, 0.3) is 5.91 Å². The molecule has 10 heteroatoms. The standard InChI is InChI=1S/C30H28F3N3O4/c1-20(4-3-11-34-2)5-10-27(37)35-19-25-17-24-16-23(18-26(28(24)40-25)30(31,32)33)21-6-8-22(9-7-21)29(38)36-12-14-39-15-13-36/h3-11,16-18H,2,12-15,19H2,1H3,(H,35,37)/b10-5+,11-3-,20-4+. The van der Waals surface area contributed by atoms with E-state index >= 15 is 0 Å². The summed E-state index contributed by atoms with van der Waals surface area (Å²) in [6.07, 6.45) is 3.16. The number of amides is 2. The molecule has 0 aliphatic carbocycles. The molecule has 0 atom stereocenters. The zero-order valence-electron chi connectivity index (χ0n) is 21.8. The van der Waals surface area contributed by atoms with E-state index in [1.165, 1.54) is 18.3 Å². The highest BCUT2D eigenvalue weighted by molar-refractivity contribution is 5.95. The molecule has 2 amide bonds. The molecule has 1 saturated heterocycles. The lowest BCUT2D eigenvalue weighted by molar-refractivity contribution is -0.136. The Balaban J connectivity index is 1.53. The lowest BCUT2D eigenvalue weighted by Crippen LogP contribution is -2.40. The first kappa shape index (κ1) is 28.6. The molecule has 208 valence electrons. The number of ether oxygens (including phenoxy) is 1. The number of nitrogens with zero attached hydrogens (tertiary/aromatic N) is 2. The quantitative estimate of drug-likeness (QED) is 0.214. The smallest absolute Gasteiger partial charge is 0.420 e. The van der Waals surface area contributed by atoms with Gasteiger partial charge in [-0.05, 0) is 61.2 Å². The lowest BCUT2D eigenvalue weighted by Gasteiger charge is -2.26. The minimum absolute atomic E-state index is 0.0914. The monoisotopic (exact) mass is 551 g/mol. The molecule has 40 heavy (non-hydrogen) atoms. The largest absolute Gasteiger partial charge is 0.459 e. The fraction of sp³-hybridized carbons (Fsp3) is 0.233. The van der Waals surface area contributed by atoms with Crippen LogP contribution in [0.4, 0.5) is 13.2 Å². The van der Waals surface area contributed by atoms with E-state index < -0.39 is 17.6 Å². The molecule has 0 radical (unpaired) electrons. The summed E-state index contributed by atoms with van der Waals surface area (Å²) in [6, 6.07) is 10.6. The highest BCUT2D eigenvalue weighted by atomic mass is 19.4. The average molecular weight is 552 g/mol. The average Bonchev–Trinajstić information content (AvgIpc) is 3.37. The summed E-state index contributed by atoms with van der Waals surface area (Å²) in [5, 5.41) is 2.86. The Hall–Kier alpha value is -4.44. The Morgan fingerprint density at radius 2 is 1.80 bits per heavy atom. The van der Waals surface area contributed by atoms with Crippen LogP contribution in [0.5, 0.6) is 0 Å². The fourth-order valence-corrected chi connectivity index (χ4v) is 4.18. The van der Waals surface area contributed by atoms with Crippen molar-refractivity contribution in [2.45, 2.75) is 19.6 Å². The van der Waals surface area contributed by atoms with Crippen LogP contribution in [0.15, 0.2) is 88.0 Å². The van der Waals surface area contributed by atoms with Crippen LogP contribution in [0.1, 0.15) is 28.6 Å². The van der Waals surface area contributed by atoms with Crippen LogP contribution in [0, 0.1) is 0 Å². The maximum absolute atomic E-state index is 14.0. The van der Waals surface area contributed by atoms with Crippen molar-refractivity contribution in [1.82, 2.24) is 10.2 Å².